The van der Waals surface area contributed by atoms with Crippen LogP contribution < -0.4 is 4.74 Å². The fourth-order valence-corrected chi connectivity index (χ4v) is 4.79. The van der Waals surface area contributed by atoms with Crippen LogP contribution in [0, 0.1) is 0 Å². The molecule has 0 bridgehead atoms. The summed E-state index contributed by atoms with van der Waals surface area (Å²) < 4.78 is 5.99. The second kappa shape index (κ2) is 9.37. The van der Waals surface area contributed by atoms with Crippen molar-refractivity contribution in [2.75, 3.05) is 0 Å². The van der Waals surface area contributed by atoms with Crippen molar-refractivity contribution in [3.05, 3.63) is 124 Å². The largest absolute Gasteiger partial charge is 0.507 e. The van der Waals surface area contributed by atoms with Gasteiger partial charge in [0.2, 0.25) is 0 Å². The smallest absolute Gasteiger partial charge is 0.295 e. The van der Waals surface area contributed by atoms with E-state index in [1.165, 1.54) is 16.2 Å². The number of rotatable bonds is 6. The summed E-state index contributed by atoms with van der Waals surface area (Å²) in [5, 5.41) is 13.1. The molecule has 1 unspecified atom stereocenters. The van der Waals surface area contributed by atoms with Crippen LogP contribution in [0.1, 0.15) is 22.0 Å². The number of thiophene rings is 1. The third kappa shape index (κ3) is 4.23. The van der Waals surface area contributed by atoms with Crippen LogP contribution in [0.15, 0.2) is 108 Å². The first kappa shape index (κ1) is 21.7. The summed E-state index contributed by atoms with van der Waals surface area (Å²) in [4.78, 5) is 28.8. The zero-order valence-corrected chi connectivity index (χ0v) is 18.9. The highest BCUT2D eigenvalue weighted by Gasteiger charge is 2.46. The summed E-state index contributed by atoms with van der Waals surface area (Å²) in [6.45, 7) is 0.266. The SMILES string of the molecule is O=C1C(=O)N(Cc2cccs2)C(c2cccc(Oc3ccccc3)c2)/C1=C(/O)c1ccccc1. The first-order valence-corrected chi connectivity index (χ1v) is 11.7. The van der Waals surface area contributed by atoms with Crippen LogP contribution in [-0.4, -0.2) is 21.7 Å². The Hall–Kier alpha value is -4.16. The van der Waals surface area contributed by atoms with E-state index in [0.29, 0.717) is 22.6 Å². The molecule has 6 heteroatoms. The second-order valence-electron chi connectivity index (χ2n) is 7.86. The zero-order valence-electron chi connectivity index (χ0n) is 18.1. The van der Waals surface area contributed by atoms with Gasteiger partial charge in [-0.15, -0.1) is 11.3 Å². The van der Waals surface area contributed by atoms with Gasteiger partial charge in [-0.2, -0.15) is 0 Å². The predicted octanol–water partition coefficient (Wildman–Crippen LogP) is 6.16. The van der Waals surface area contributed by atoms with Crippen LogP contribution >= 0.6 is 11.3 Å². The Balaban J connectivity index is 1.61. The maximum atomic E-state index is 13.2. The Morgan fingerprint density at radius 1 is 0.853 bits per heavy atom. The van der Waals surface area contributed by atoms with E-state index in [1.54, 1.807) is 24.3 Å². The first-order chi connectivity index (χ1) is 16.6. The lowest BCUT2D eigenvalue weighted by Gasteiger charge is -2.25. The number of ketones is 1. The van der Waals surface area contributed by atoms with E-state index in [1.807, 2.05) is 78.2 Å². The van der Waals surface area contributed by atoms with E-state index in [-0.39, 0.29) is 17.9 Å². The van der Waals surface area contributed by atoms with Gasteiger partial charge in [0.15, 0.2) is 0 Å². The number of para-hydroxylation sites is 1. The molecule has 0 aliphatic carbocycles. The topological polar surface area (TPSA) is 66.8 Å². The van der Waals surface area contributed by atoms with Gasteiger partial charge in [0.25, 0.3) is 11.7 Å². The minimum Gasteiger partial charge on any atom is -0.507 e. The molecule has 1 aromatic heterocycles. The third-order valence-corrected chi connectivity index (χ3v) is 6.51. The molecule has 1 atom stereocenters. The van der Waals surface area contributed by atoms with Crippen molar-refractivity contribution in [3.63, 3.8) is 0 Å². The molecule has 0 spiro atoms. The molecule has 1 saturated heterocycles. The van der Waals surface area contributed by atoms with Crippen LogP contribution in [0.25, 0.3) is 5.76 Å². The van der Waals surface area contributed by atoms with Gasteiger partial charge in [0, 0.05) is 10.4 Å². The van der Waals surface area contributed by atoms with E-state index in [4.69, 9.17) is 4.74 Å². The van der Waals surface area contributed by atoms with E-state index in [9.17, 15) is 14.7 Å². The molecule has 34 heavy (non-hydrogen) atoms. The molecular formula is C28H21NO4S. The highest BCUT2D eigenvalue weighted by Crippen LogP contribution is 2.41. The first-order valence-electron chi connectivity index (χ1n) is 10.8. The van der Waals surface area contributed by atoms with Gasteiger partial charge in [0.1, 0.15) is 17.3 Å². The minimum atomic E-state index is -0.748. The summed E-state index contributed by atoms with van der Waals surface area (Å²) in [6.07, 6.45) is 0. The third-order valence-electron chi connectivity index (χ3n) is 5.65. The summed E-state index contributed by atoms with van der Waals surface area (Å²) in [6, 6.07) is 28.6. The number of benzene rings is 3. The van der Waals surface area contributed by atoms with Crippen LogP contribution in [0.2, 0.25) is 0 Å². The summed E-state index contributed by atoms with van der Waals surface area (Å²) in [7, 11) is 0. The zero-order chi connectivity index (χ0) is 23.5. The Morgan fingerprint density at radius 3 is 2.26 bits per heavy atom. The summed E-state index contributed by atoms with van der Waals surface area (Å²) >= 11 is 1.51. The quantitative estimate of drug-likeness (QED) is 0.209. The van der Waals surface area contributed by atoms with E-state index in [2.05, 4.69) is 0 Å². The lowest BCUT2D eigenvalue weighted by Crippen LogP contribution is -2.28. The van der Waals surface area contributed by atoms with Gasteiger partial charge in [-0.25, -0.2) is 0 Å². The number of carbonyl (C=O) groups excluding carboxylic acids is 2. The number of amides is 1. The Labute approximate surface area is 201 Å². The van der Waals surface area contributed by atoms with Gasteiger partial charge in [-0.05, 0) is 41.3 Å². The molecule has 168 valence electrons. The summed E-state index contributed by atoms with van der Waals surface area (Å²) in [5.41, 5.74) is 1.24. The number of carbonyl (C=O) groups is 2. The molecule has 2 heterocycles. The molecule has 0 saturated carbocycles. The standard InChI is InChI=1S/C28H21NO4S/c30-26(19-9-3-1-4-10-19)24-25(29(28(32)27(24)31)18-23-15-8-16-34-23)20-11-7-14-22(17-20)33-21-12-5-2-6-13-21/h1-17,25,30H,18H2/b26-24-. The van der Waals surface area contributed by atoms with Crippen molar-refractivity contribution < 1.29 is 19.4 Å². The molecule has 3 aromatic carbocycles. The number of Topliss-reactive ketones (excluding diaryl/α,β-unsaturated/α-hetero) is 1. The summed E-state index contributed by atoms with van der Waals surface area (Å²) in [5.74, 6) is -0.267. The van der Waals surface area contributed by atoms with Gasteiger partial charge in [-0.1, -0.05) is 66.7 Å². The van der Waals surface area contributed by atoms with Crippen molar-refractivity contribution in [3.8, 4) is 11.5 Å². The van der Waals surface area contributed by atoms with Crippen molar-refractivity contribution in [2.45, 2.75) is 12.6 Å². The minimum absolute atomic E-state index is 0.0737. The highest BCUT2D eigenvalue weighted by molar-refractivity contribution is 7.09. The molecule has 5 rings (SSSR count). The van der Waals surface area contributed by atoms with E-state index >= 15 is 0 Å². The van der Waals surface area contributed by atoms with Crippen molar-refractivity contribution in [2.24, 2.45) is 0 Å². The monoisotopic (exact) mass is 467 g/mol. The molecule has 1 amide bonds. The van der Waals surface area contributed by atoms with Crippen molar-refractivity contribution in [1.29, 1.82) is 0 Å². The van der Waals surface area contributed by atoms with E-state index < -0.39 is 17.7 Å². The second-order valence-corrected chi connectivity index (χ2v) is 8.89. The number of likely N-dealkylation sites (tertiary alicyclic amines) is 1. The molecule has 1 N–H and O–H groups in total. The number of nitrogens with zero attached hydrogens (tertiary/aromatic N) is 1. The fourth-order valence-electron chi connectivity index (χ4n) is 4.08. The van der Waals surface area contributed by atoms with Crippen LogP contribution in [0.4, 0.5) is 0 Å². The van der Waals surface area contributed by atoms with Gasteiger partial charge in [0.05, 0.1) is 18.2 Å². The fraction of sp³-hybridized carbons (Fsp3) is 0.0714. The Morgan fingerprint density at radius 2 is 1.56 bits per heavy atom. The number of aliphatic hydroxyl groups excluding tert-OH is 1. The average Bonchev–Trinajstić information content (AvgIpc) is 3.47. The molecule has 4 aromatic rings. The molecule has 1 fully saturated rings. The lowest BCUT2D eigenvalue weighted by molar-refractivity contribution is -0.140. The molecule has 0 radical (unpaired) electrons. The number of ether oxygens (including phenoxy) is 1. The Kier molecular flexibility index (Phi) is 5.97. The van der Waals surface area contributed by atoms with E-state index in [0.717, 1.165) is 4.88 Å². The number of aliphatic hydroxyl groups is 1. The Bertz CT molecular complexity index is 1350. The average molecular weight is 468 g/mol. The van der Waals surface area contributed by atoms with Crippen molar-refractivity contribution >= 4 is 28.8 Å². The lowest BCUT2D eigenvalue weighted by atomic mass is 9.95. The highest BCUT2D eigenvalue weighted by atomic mass is 32.1. The molecular weight excluding hydrogens is 446 g/mol. The normalized spacial score (nSPS) is 17.2. The predicted molar refractivity (Wildman–Crippen MR) is 132 cm³/mol. The van der Waals surface area contributed by atoms with Gasteiger partial charge in [-0.3, -0.25) is 9.59 Å². The van der Waals surface area contributed by atoms with Crippen LogP contribution in [0.5, 0.6) is 11.5 Å². The number of hydrogen-bond donors (Lipinski definition) is 1. The van der Waals surface area contributed by atoms with Gasteiger partial charge < -0.3 is 14.7 Å². The van der Waals surface area contributed by atoms with Crippen molar-refractivity contribution in [1.82, 2.24) is 4.90 Å². The molecule has 1 aliphatic heterocycles. The maximum absolute atomic E-state index is 13.2. The number of hydrogen-bond acceptors (Lipinski definition) is 5. The molecule has 5 nitrogen and oxygen atoms in total. The maximum Gasteiger partial charge on any atom is 0.295 e. The van der Waals surface area contributed by atoms with Crippen LogP contribution in [-0.2, 0) is 16.1 Å². The van der Waals surface area contributed by atoms with Crippen LogP contribution in [0.3, 0.4) is 0 Å². The molecule has 1 aliphatic rings. The van der Waals surface area contributed by atoms with Gasteiger partial charge >= 0.3 is 0 Å².